The van der Waals surface area contributed by atoms with Crippen molar-refractivity contribution in [1.82, 2.24) is 0 Å². The lowest BCUT2D eigenvalue weighted by molar-refractivity contribution is -0.137. The Labute approximate surface area is 104 Å². The van der Waals surface area contributed by atoms with E-state index in [1.165, 1.54) is 26.4 Å². The lowest BCUT2D eigenvalue weighted by atomic mass is 10.0. The number of ether oxygens (including phenoxy) is 2. The van der Waals surface area contributed by atoms with Gasteiger partial charge in [-0.05, 0) is 12.5 Å². The fourth-order valence-electron chi connectivity index (χ4n) is 1.67. The Balaban J connectivity index is 3.05. The highest BCUT2D eigenvalue weighted by Crippen LogP contribution is 2.36. The fraction of sp³-hybridized carbons (Fsp3) is 0.417. The molecule has 1 atom stereocenters. The van der Waals surface area contributed by atoms with Gasteiger partial charge >= 0.3 is 5.97 Å². The maximum Gasteiger partial charge on any atom is 0.303 e. The summed E-state index contributed by atoms with van der Waals surface area (Å²) in [5.74, 6) is -0.892. The number of rotatable bonds is 6. The molecule has 1 unspecified atom stereocenters. The van der Waals surface area contributed by atoms with E-state index in [-0.39, 0.29) is 18.6 Å². The number of halogens is 1. The van der Waals surface area contributed by atoms with E-state index < -0.39 is 17.8 Å². The second-order valence-electron chi connectivity index (χ2n) is 3.77. The molecule has 1 rings (SSSR count). The smallest absolute Gasteiger partial charge is 0.303 e. The molecule has 1 aromatic rings. The first-order valence-electron chi connectivity index (χ1n) is 5.38. The van der Waals surface area contributed by atoms with Crippen molar-refractivity contribution in [3.8, 4) is 11.5 Å². The van der Waals surface area contributed by atoms with Gasteiger partial charge < -0.3 is 20.3 Å². The Hall–Kier alpha value is -1.82. The van der Waals surface area contributed by atoms with Gasteiger partial charge in [-0.15, -0.1) is 0 Å². The van der Waals surface area contributed by atoms with Crippen molar-refractivity contribution in [3.63, 3.8) is 0 Å². The second-order valence-corrected chi connectivity index (χ2v) is 3.77. The van der Waals surface area contributed by atoms with E-state index in [2.05, 4.69) is 0 Å². The van der Waals surface area contributed by atoms with Gasteiger partial charge in [-0.3, -0.25) is 4.79 Å². The summed E-state index contributed by atoms with van der Waals surface area (Å²) in [4.78, 5) is 10.5. The maximum atomic E-state index is 13.4. The molecule has 3 N–H and O–H groups in total. The fourth-order valence-corrected chi connectivity index (χ4v) is 1.67. The molecule has 5 nitrogen and oxygen atoms in total. The highest BCUT2D eigenvalue weighted by Gasteiger charge is 2.18. The molecule has 0 radical (unpaired) electrons. The third-order valence-electron chi connectivity index (χ3n) is 2.54. The monoisotopic (exact) mass is 257 g/mol. The first-order valence-corrected chi connectivity index (χ1v) is 5.38. The number of benzene rings is 1. The Morgan fingerprint density at radius 2 is 2.11 bits per heavy atom. The van der Waals surface area contributed by atoms with Crippen LogP contribution in [0.25, 0.3) is 0 Å². The van der Waals surface area contributed by atoms with Crippen LogP contribution in [0.15, 0.2) is 12.1 Å². The first-order chi connectivity index (χ1) is 8.49. The van der Waals surface area contributed by atoms with Crippen molar-refractivity contribution < 1.29 is 23.8 Å². The number of hydrogen-bond donors (Lipinski definition) is 2. The van der Waals surface area contributed by atoms with Crippen molar-refractivity contribution in [2.24, 2.45) is 5.73 Å². The first kappa shape index (κ1) is 14.2. The van der Waals surface area contributed by atoms with Crippen molar-refractivity contribution in [1.29, 1.82) is 0 Å². The predicted octanol–water partition coefficient (Wildman–Crippen LogP) is 1.71. The quantitative estimate of drug-likeness (QED) is 0.810. The van der Waals surface area contributed by atoms with Crippen LogP contribution in [0.4, 0.5) is 4.39 Å². The van der Waals surface area contributed by atoms with E-state index >= 15 is 0 Å². The molecule has 6 heteroatoms. The second kappa shape index (κ2) is 6.20. The third-order valence-corrected chi connectivity index (χ3v) is 2.54. The van der Waals surface area contributed by atoms with E-state index in [1.54, 1.807) is 0 Å². The Morgan fingerprint density at radius 1 is 1.44 bits per heavy atom. The van der Waals surface area contributed by atoms with Crippen LogP contribution < -0.4 is 15.2 Å². The predicted molar refractivity (Wildman–Crippen MR) is 63.3 cm³/mol. The van der Waals surface area contributed by atoms with Crippen LogP contribution >= 0.6 is 0 Å². The molecule has 0 fully saturated rings. The van der Waals surface area contributed by atoms with Gasteiger partial charge in [0.15, 0.2) is 11.5 Å². The van der Waals surface area contributed by atoms with Gasteiger partial charge in [0.05, 0.1) is 14.2 Å². The molecular formula is C12H16FNO4. The average Bonchev–Trinajstić information content (AvgIpc) is 2.34. The summed E-state index contributed by atoms with van der Waals surface area (Å²) >= 11 is 0. The molecule has 0 saturated heterocycles. The van der Waals surface area contributed by atoms with E-state index in [4.69, 9.17) is 20.3 Å². The van der Waals surface area contributed by atoms with Crippen LogP contribution in [0.1, 0.15) is 24.4 Å². The normalized spacial score (nSPS) is 12.0. The van der Waals surface area contributed by atoms with E-state index in [9.17, 15) is 9.18 Å². The summed E-state index contributed by atoms with van der Waals surface area (Å²) in [7, 11) is 2.81. The molecule has 0 spiro atoms. The summed E-state index contributed by atoms with van der Waals surface area (Å²) in [6.45, 7) is 0. The summed E-state index contributed by atoms with van der Waals surface area (Å²) in [6, 6.07) is 1.79. The number of carbonyl (C=O) groups is 1. The molecule has 0 saturated carbocycles. The van der Waals surface area contributed by atoms with Gasteiger partial charge in [-0.25, -0.2) is 4.39 Å². The highest BCUT2D eigenvalue weighted by atomic mass is 19.1. The molecule has 0 heterocycles. The van der Waals surface area contributed by atoms with E-state index in [0.29, 0.717) is 11.3 Å². The van der Waals surface area contributed by atoms with Crippen LogP contribution in [0.5, 0.6) is 11.5 Å². The third kappa shape index (κ3) is 3.33. The molecule has 0 aliphatic rings. The Bertz CT molecular complexity index is 436. The molecule has 0 aromatic heterocycles. The zero-order chi connectivity index (χ0) is 13.7. The van der Waals surface area contributed by atoms with Crippen molar-refractivity contribution in [2.75, 3.05) is 14.2 Å². The molecule has 1 aromatic carbocycles. The Kier molecular flexibility index (Phi) is 4.91. The number of nitrogens with two attached hydrogens (primary N) is 1. The van der Waals surface area contributed by atoms with Crippen LogP contribution in [0, 0.1) is 5.82 Å². The lowest BCUT2D eigenvalue weighted by Gasteiger charge is -2.17. The van der Waals surface area contributed by atoms with Crippen LogP contribution in [-0.4, -0.2) is 25.3 Å². The Morgan fingerprint density at radius 3 is 2.61 bits per heavy atom. The van der Waals surface area contributed by atoms with Crippen molar-refractivity contribution >= 4 is 5.97 Å². The number of hydrogen-bond acceptors (Lipinski definition) is 4. The summed E-state index contributed by atoms with van der Waals surface area (Å²) in [6.07, 6.45) is 0.0987. The molecule has 0 amide bonds. The van der Waals surface area contributed by atoms with Gasteiger partial charge in [-0.1, -0.05) is 0 Å². The number of carboxylic acids is 1. The van der Waals surface area contributed by atoms with Gasteiger partial charge in [0.1, 0.15) is 5.82 Å². The molecule has 0 aliphatic carbocycles. The topological polar surface area (TPSA) is 81.8 Å². The molecule has 18 heavy (non-hydrogen) atoms. The van der Waals surface area contributed by atoms with Gasteiger partial charge in [-0.2, -0.15) is 0 Å². The minimum absolute atomic E-state index is 0.0941. The lowest BCUT2D eigenvalue weighted by Crippen LogP contribution is -2.14. The summed E-state index contributed by atoms with van der Waals surface area (Å²) in [5, 5.41) is 8.61. The van der Waals surface area contributed by atoms with Crippen LogP contribution in [0.3, 0.4) is 0 Å². The van der Waals surface area contributed by atoms with E-state index in [1.807, 2.05) is 0 Å². The van der Waals surface area contributed by atoms with Gasteiger partial charge in [0.25, 0.3) is 0 Å². The minimum atomic E-state index is -0.951. The average molecular weight is 257 g/mol. The molecule has 0 aliphatic heterocycles. The largest absolute Gasteiger partial charge is 0.493 e. The van der Waals surface area contributed by atoms with Crippen LogP contribution in [-0.2, 0) is 4.79 Å². The molecule has 0 bridgehead atoms. The summed E-state index contributed by atoms with van der Waals surface area (Å²) < 4.78 is 23.5. The standard InChI is InChI=1S/C12H16FNO4/c1-17-10-6-7(13)5-8(12(10)18-2)9(14)3-4-11(15)16/h5-6,9H,3-4,14H2,1-2H3,(H,15,16). The van der Waals surface area contributed by atoms with Crippen molar-refractivity contribution in [2.45, 2.75) is 18.9 Å². The number of aliphatic carboxylic acids is 1. The number of methoxy groups -OCH3 is 2. The number of carboxylic acid groups (broad SMARTS) is 1. The van der Waals surface area contributed by atoms with E-state index in [0.717, 1.165) is 0 Å². The zero-order valence-electron chi connectivity index (χ0n) is 10.3. The van der Waals surface area contributed by atoms with Crippen molar-refractivity contribution in [3.05, 3.63) is 23.5 Å². The molecule has 100 valence electrons. The molecular weight excluding hydrogens is 241 g/mol. The zero-order valence-corrected chi connectivity index (χ0v) is 10.3. The highest BCUT2D eigenvalue weighted by molar-refractivity contribution is 5.66. The van der Waals surface area contributed by atoms with Gasteiger partial charge in [0, 0.05) is 24.1 Å². The summed E-state index contributed by atoms with van der Waals surface area (Å²) in [5.41, 5.74) is 6.25. The maximum absolute atomic E-state index is 13.4. The van der Waals surface area contributed by atoms with Crippen LogP contribution in [0.2, 0.25) is 0 Å². The minimum Gasteiger partial charge on any atom is -0.493 e. The SMILES string of the molecule is COc1cc(F)cc(C(N)CCC(=O)O)c1OC. The van der Waals surface area contributed by atoms with Gasteiger partial charge in [0.2, 0.25) is 0 Å².